The second-order valence-electron chi connectivity index (χ2n) is 4.47. The molecule has 0 aromatic rings. The van der Waals surface area contributed by atoms with E-state index in [0.29, 0.717) is 0 Å². The fourth-order valence-electron chi connectivity index (χ4n) is 1.44. The number of aliphatic carboxylic acids is 1. The quantitative estimate of drug-likeness (QED) is 0.539. The lowest BCUT2D eigenvalue weighted by Crippen LogP contribution is -2.32. The first-order valence-corrected chi connectivity index (χ1v) is 7.00. The average Bonchev–Trinajstić information content (AvgIpc) is 2.56. The van der Waals surface area contributed by atoms with Gasteiger partial charge in [-0.1, -0.05) is 13.8 Å². The van der Waals surface area contributed by atoms with Crippen LogP contribution in [0.25, 0.3) is 0 Å². The molecule has 0 bridgehead atoms. The Morgan fingerprint density at radius 3 is 2.72 bits per heavy atom. The Morgan fingerprint density at radius 2 is 2.22 bits per heavy atom. The predicted octanol–water partition coefficient (Wildman–Crippen LogP) is 0.513. The number of phosphoric ester groups is 1. The van der Waals surface area contributed by atoms with Gasteiger partial charge in [-0.15, -0.1) is 0 Å². The SMILES string of the molecule is [B][C@H]1C[C@@H](OP(=O)(O)OCC(C)C)[C@@H](C(=O)O)O1. The number of hydrogen-bond acceptors (Lipinski definition) is 5. The van der Waals surface area contributed by atoms with Crippen LogP contribution in [-0.4, -0.2) is 48.6 Å². The highest BCUT2D eigenvalue weighted by molar-refractivity contribution is 7.47. The zero-order valence-corrected chi connectivity index (χ0v) is 11.1. The van der Waals surface area contributed by atoms with E-state index in [1.165, 1.54) is 0 Å². The molecule has 2 radical (unpaired) electrons. The Kier molecular flexibility index (Phi) is 5.37. The fourth-order valence-corrected chi connectivity index (χ4v) is 2.53. The maximum absolute atomic E-state index is 11.6. The second kappa shape index (κ2) is 6.17. The zero-order chi connectivity index (χ0) is 13.9. The summed E-state index contributed by atoms with van der Waals surface area (Å²) in [5.74, 6) is -1.25. The van der Waals surface area contributed by atoms with Crippen LogP contribution in [0, 0.1) is 5.92 Å². The van der Waals surface area contributed by atoms with Crippen molar-refractivity contribution in [3.05, 3.63) is 0 Å². The Morgan fingerprint density at radius 1 is 1.61 bits per heavy atom. The summed E-state index contributed by atoms with van der Waals surface area (Å²) >= 11 is 0. The molecule has 0 aromatic heterocycles. The van der Waals surface area contributed by atoms with E-state index in [1.807, 2.05) is 0 Å². The van der Waals surface area contributed by atoms with E-state index in [1.54, 1.807) is 13.8 Å². The molecule has 9 heteroatoms. The van der Waals surface area contributed by atoms with Crippen LogP contribution >= 0.6 is 7.82 Å². The molecule has 1 unspecified atom stereocenters. The number of phosphoric acid groups is 1. The number of hydrogen-bond donors (Lipinski definition) is 2. The van der Waals surface area contributed by atoms with Crippen molar-refractivity contribution in [2.45, 2.75) is 38.5 Å². The molecule has 102 valence electrons. The summed E-state index contributed by atoms with van der Waals surface area (Å²) in [6.07, 6.45) is -2.43. The van der Waals surface area contributed by atoms with Gasteiger partial charge in [0.05, 0.1) is 6.61 Å². The predicted molar refractivity (Wildman–Crippen MR) is 62.2 cm³/mol. The van der Waals surface area contributed by atoms with Gasteiger partial charge in [0, 0.05) is 6.00 Å². The summed E-state index contributed by atoms with van der Waals surface area (Å²) in [6, 6.07) is -0.832. The number of carbonyl (C=O) groups is 1. The standard InChI is InChI=1S/C9H16BO7P/c1-5(2)4-15-18(13,14)17-6-3-7(10)16-8(6)9(11)12/h5-8H,3-4H2,1-2H3,(H,11,12)(H,13,14)/t6-,7-,8+/m1/s1. The molecule has 7 nitrogen and oxygen atoms in total. The van der Waals surface area contributed by atoms with Crippen LogP contribution in [0.2, 0.25) is 0 Å². The van der Waals surface area contributed by atoms with Gasteiger partial charge >= 0.3 is 13.8 Å². The van der Waals surface area contributed by atoms with Crippen molar-refractivity contribution in [3.63, 3.8) is 0 Å². The minimum atomic E-state index is -4.30. The highest BCUT2D eigenvalue weighted by Crippen LogP contribution is 2.47. The lowest BCUT2D eigenvalue weighted by atomic mass is 9.96. The van der Waals surface area contributed by atoms with E-state index in [0.717, 1.165) is 0 Å². The molecule has 1 saturated heterocycles. The van der Waals surface area contributed by atoms with Crippen molar-refractivity contribution in [2.24, 2.45) is 5.92 Å². The van der Waals surface area contributed by atoms with Crippen LogP contribution in [-0.2, 0) is 23.1 Å². The van der Waals surface area contributed by atoms with Crippen LogP contribution in [0.1, 0.15) is 20.3 Å². The second-order valence-corrected chi connectivity index (χ2v) is 5.88. The Balaban J connectivity index is 2.59. The van der Waals surface area contributed by atoms with E-state index in [9.17, 15) is 14.3 Å². The van der Waals surface area contributed by atoms with Crippen LogP contribution in [0.15, 0.2) is 0 Å². The Bertz CT molecular complexity index is 348. The summed E-state index contributed by atoms with van der Waals surface area (Å²) in [5.41, 5.74) is 0. The average molecular weight is 278 g/mol. The summed E-state index contributed by atoms with van der Waals surface area (Å²) < 4.78 is 26.0. The third-order valence-electron chi connectivity index (χ3n) is 2.21. The maximum Gasteiger partial charge on any atom is 0.472 e. The van der Waals surface area contributed by atoms with Gasteiger partial charge in [0.2, 0.25) is 0 Å². The molecule has 18 heavy (non-hydrogen) atoms. The monoisotopic (exact) mass is 278 g/mol. The minimum Gasteiger partial charge on any atom is -0.479 e. The van der Waals surface area contributed by atoms with Crippen molar-refractivity contribution in [2.75, 3.05) is 6.61 Å². The number of ether oxygens (including phenoxy) is 1. The minimum absolute atomic E-state index is 0.0204. The van der Waals surface area contributed by atoms with Crippen molar-refractivity contribution in [1.82, 2.24) is 0 Å². The molecule has 0 spiro atoms. The molecule has 0 aliphatic carbocycles. The Hall–Kier alpha value is -0.395. The van der Waals surface area contributed by atoms with Gasteiger partial charge in [0.1, 0.15) is 14.0 Å². The third kappa shape index (κ3) is 4.70. The summed E-state index contributed by atoms with van der Waals surface area (Å²) in [7, 11) is 1.12. The maximum atomic E-state index is 11.6. The third-order valence-corrected chi connectivity index (χ3v) is 3.22. The van der Waals surface area contributed by atoms with Gasteiger partial charge < -0.3 is 14.7 Å². The van der Waals surface area contributed by atoms with Crippen molar-refractivity contribution < 1.29 is 33.1 Å². The van der Waals surface area contributed by atoms with E-state index in [4.69, 9.17) is 26.7 Å². The van der Waals surface area contributed by atoms with Gasteiger partial charge in [-0.25, -0.2) is 9.36 Å². The zero-order valence-electron chi connectivity index (χ0n) is 10.2. The van der Waals surface area contributed by atoms with E-state index >= 15 is 0 Å². The fraction of sp³-hybridized carbons (Fsp3) is 0.889. The van der Waals surface area contributed by atoms with E-state index in [2.05, 4.69) is 0 Å². The smallest absolute Gasteiger partial charge is 0.472 e. The molecule has 0 aromatic carbocycles. The molecule has 0 saturated carbocycles. The first-order chi connectivity index (χ1) is 8.21. The van der Waals surface area contributed by atoms with Crippen LogP contribution in [0.3, 0.4) is 0 Å². The molecule has 0 amide bonds. The molecular weight excluding hydrogens is 262 g/mol. The number of carboxylic acids is 1. The van der Waals surface area contributed by atoms with Gasteiger partial charge in [-0.2, -0.15) is 0 Å². The van der Waals surface area contributed by atoms with Crippen LogP contribution < -0.4 is 0 Å². The number of rotatable bonds is 6. The number of carboxylic acid groups (broad SMARTS) is 1. The topological polar surface area (TPSA) is 102 Å². The van der Waals surface area contributed by atoms with E-state index in [-0.39, 0.29) is 18.9 Å². The van der Waals surface area contributed by atoms with Crippen molar-refractivity contribution in [3.8, 4) is 0 Å². The molecule has 2 N–H and O–H groups in total. The molecule has 1 fully saturated rings. The molecule has 1 rings (SSSR count). The normalized spacial score (nSPS) is 31.4. The molecule has 1 aliphatic heterocycles. The molecular formula is C9H16BO7P. The first-order valence-electron chi connectivity index (χ1n) is 5.51. The van der Waals surface area contributed by atoms with Gasteiger partial charge in [0.15, 0.2) is 6.10 Å². The Labute approximate surface area is 106 Å². The van der Waals surface area contributed by atoms with Gasteiger partial charge in [-0.3, -0.25) is 9.05 Å². The largest absolute Gasteiger partial charge is 0.479 e. The molecule has 1 heterocycles. The van der Waals surface area contributed by atoms with E-state index < -0.39 is 32.0 Å². The summed E-state index contributed by atoms with van der Waals surface area (Å²) in [5, 5.41) is 8.84. The van der Waals surface area contributed by atoms with Crippen molar-refractivity contribution >= 4 is 21.6 Å². The summed E-state index contributed by atoms with van der Waals surface area (Å²) in [6.45, 7) is 3.63. The highest BCUT2D eigenvalue weighted by Gasteiger charge is 2.42. The van der Waals surface area contributed by atoms with Gasteiger partial charge in [0.25, 0.3) is 0 Å². The lowest BCUT2D eigenvalue weighted by Gasteiger charge is -2.19. The molecule has 4 atom stereocenters. The van der Waals surface area contributed by atoms with Crippen LogP contribution in [0.5, 0.6) is 0 Å². The summed E-state index contributed by atoms with van der Waals surface area (Å²) in [4.78, 5) is 20.3. The highest BCUT2D eigenvalue weighted by atomic mass is 31.2. The first kappa shape index (κ1) is 15.7. The lowest BCUT2D eigenvalue weighted by molar-refractivity contribution is -0.151. The van der Waals surface area contributed by atoms with Crippen molar-refractivity contribution in [1.29, 1.82) is 0 Å². The van der Waals surface area contributed by atoms with Crippen LogP contribution in [0.4, 0.5) is 0 Å². The molecule has 1 aliphatic rings. The van der Waals surface area contributed by atoms with Gasteiger partial charge in [-0.05, 0) is 12.3 Å².